The Bertz CT molecular complexity index is 1050. The second-order valence-corrected chi connectivity index (χ2v) is 7.54. The van der Waals surface area contributed by atoms with Gasteiger partial charge in [0.2, 0.25) is 11.8 Å². The minimum absolute atomic E-state index is 0.0372. The number of rotatable bonds is 6. The Kier molecular flexibility index (Phi) is 6.35. The van der Waals surface area contributed by atoms with E-state index in [0.717, 1.165) is 33.8 Å². The maximum atomic E-state index is 11.9. The summed E-state index contributed by atoms with van der Waals surface area (Å²) >= 11 is 0. The van der Waals surface area contributed by atoms with Crippen LogP contribution in [0.1, 0.15) is 39.0 Å². The highest BCUT2D eigenvalue weighted by atomic mass is 16.5. The van der Waals surface area contributed by atoms with Crippen LogP contribution in [0.15, 0.2) is 48.5 Å². The number of ether oxygens (including phenoxy) is 1. The van der Waals surface area contributed by atoms with Crippen LogP contribution in [0.5, 0.6) is 5.88 Å². The van der Waals surface area contributed by atoms with Crippen molar-refractivity contribution in [2.45, 2.75) is 41.0 Å². The van der Waals surface area contributed by atoms with Crippen LogP contribution in [-0.2, 0) is 16.0 Å². The van der Waals surface area contributed by atoms with Gasteiger partial charge in [-0.25, -0.2) is 0 Å². The van der Waals surface area contributed by atoms with Gasteiger partial charge in [0.15, 0.2) is 0 Å². The summed E-state index contributed by atoms with van der Waals surface area (Å²) in [4.78, 5) is 23.8. The van der Waals surface area contributed by atoms with Gasteiger partial charge in [-0.1, -0.05) is 50.6 Å². The minimum Gasteiger partial charge on any atom is -0.407 e. The second kappa shape index (κ2) is 8.95. The topological polar surface area (TPSA) is 73.2 Å². The molecular formula is C24H27N3O3. The fourth-order valence-electron chi connectivity index (χ4n) is 3.08. The minimum atomic E-state index is -0.409. The van der Waals surface area contributed by atoms with E-state index in [1.165, 1.54) is 6.92 Å². The third-order valence-corrected chi connectivity index (χ3v) is 4.73. The van der Waals surface area contributed by atoms with Crippen molar-refractivity contribution < 1.29 is 14.3 Å². The normalized spacial score (nSPS) is 10.9. The van der Waals surface area contributed by atoms with Crippen LogP contribution in [0.25, 0.3) is 16.8 Å². The van der Waals surface area contributed by atoms with Crippen molar-refractivity contribution in [3.8, 4) is 22.7 Å². The third-order valence-electron chi connectivity index (χ3n) is 4.73. The van der Waals surface area contributed by atoms with Gasteiger partial charge >= 0.3 is 5.97 Å². The van der Waals surface area contributed by atoms with E-state index in [0.29, 0.717) is 12.3 Å². The molecule has 3 aromatic rings. The maximum Gasteiger partial charge on any atom is 0.309 e. The van der Waals surface area contributed by atoms with Gasteiger partial charge in [0.05, 0.1) is 16.9 Å². The molecule has 156 valence electrons. The molecule has 0 atom stereocenters. The zero-order chi connectivity index (χ0) is 21.8. The smallest absolute Gasteiger partial charge is 0.309 e. The van der Waals surface area contributed by atoms with Crippen molar-refractivity contribution in [3.05, 3.63) is 59.8 Å². The molecule has 1 N–H and O–H groups in total. The largest absolute Gasteiger partial charge is 0.407 e. The van der Waals surface area contributed by atoms with Crippen molar-refractivity contribution in [1.82, 2.24) is 9.78 Å². The molecule has 1 heterocycles. The Morgan fingerprint density at radius 1 is 1.07 bits per heavy atom. The number of amides is 1. The number of hydrogen-bond acceptors (Lipinski definition) is 4. The average Bonchev–Trinajstić information content (AvgIpc) is 3.06. The van der Waals surface area contributed by atoms with Gasteiger partial charge in [-0.2, -0.15) is 9.78 Å². The van der Waals surface area contributed by atoms with Crippen LogP contribution in [0, 0.1) is 12.8 Å². The lowest BCUT2D eigenvalue weighted by Crippen LogP contribution is -2.17. The van der Waals surface area contributed by atoms with Crippen molar-refractivity contribution in [1.29, 1.82) is 0 Å². The highest BCUT2D eigenvalue weighted by molar-refractivity contribution is 5.92. The van der Waals surface area contributed by atoms with E-state index in [1.807, 2.05) is 76.2 Å². The molecule has 6 nitrogen and oxygen atoms in total. The monoisotopic (exact) mass is 405 g/mol. The molecule has 0 aliphatic heterocycles. The van der Waals surface area contributed by atoms with Crippen LogP contribution in [-0.4, -0.2) is 21.7 Å². The van der Waals surface area contributed by atoms with Gasteiger partial charge in [-0.05, 0) is 43.2 Å². The number of nitrogens with one attached hydrogen (secondary N) is 1. The number of benzene rings is 2. The van der Waals surface area contributed by atoms with Crippen LogP contribution >= 0.6 is 0 Å². The van der Waals surface area contributed by atoms with E-state index in [2.05, 4.69) is 5.32 Å². The van der Waals surface area contributed by atoms with E-state index in [1.54, 1.807) is 4.68 Å². The maximum absolute atomic E-state index is 11.9. The molecule has 0 radical (unpaired) electrons. The average molecular weight is 405 g/mol. The number of aryl methyl sites for hydroxylation is 2. The van der Waals surface area contributed by atoms with Gasteiger partial charge in [-0.3, -0.25) is 9.59 Å². The molecule has 0 fully saturated rings. The number of aromatic nitrogens is 2. The van der Waals surface area contributed by atoms with Crippen LogP contribution < -0.4 is 10.1 Å². The highest BCUT2D eigenvalue weighted by Crippen LogP contribution is 2.36. The van der Waals surface area contributed by atoms with Gasteiger partial charge in [0.1, 0.15) is 0 Å². The predicted molar refractivity (Wildman–Crippen MR) is 118 cm³/mol. The summed E-state index contributed by atoms with van der Waals surface area (Å²) in [6.07, 6.45) is 0.675. The standard InChI is InChI=1S/C24H27N3O3/c1-6-21-22(18-9-11-19(12-10-18)25-23(29)15(2)3)24(30-17(5)28)27(26-21)20-13-7-16(4)8-14-20/h7-15H,6H2,1-5H3,(H,25,29). The zero-order valence-electron chi connectivity index (χ0n) is 18.0. The Labute approximate surface area is 176 Å². The third kappa shape index (κ3) is 4.59. The first-order valence-electron chi connectivity index (χ1n) is 10.1. The molecule has 0 unspecified atom stereocenters. The van der Waals surface area contributed by atoms with Gasteiger partial charge in [0.25, 0.3) is 0 Å². The molecular weight excluding hydrogens is 378 g/mol. The number of carbonyl (C=O) groups excluding carboxylic acids is 2. The highest BCUT2D eigenvalue weighted by Gasteiger charge is 2.22. The fraction of sp³-hybridized carbons (Fsp3) is 0.292. The van der Waals surface area contributed by atoms with E-state index in [4.69, 9.17) is 9.84 Å². The zero-order valence-corrected chi connectivity index (χ0v) is 18.0. The Morgan fingerprint density at radius 3 is 2.23 bits per heavy atom. The molecule has 0 bridgehead atoms. The van der Waals surface area contributed by atoms with Crippen molar-refractivity contribution >= 4 is 17.6 Å². The van der Waals surface area contributed by atoms with Gasteiger partial charge in [-0.15, -0.1) is 0 Å². The number of hydrogen-bond donors (Lipinski definition) is 1. The summed E-state index contributed by atoms with van der Waals surface area (Å²) in [5, 5.41) is 7.61. The Hall–Kier alpha value is -3.41. The molecule has 30 heavy (non-hydrogen) atoms. The van der Waals surface area contributed by atoms with Crippen LogP contribution in [0.4, 0.5) is 5.69 Å². The van der Waals surface area contributed by atoms with Crippen LogP contribution in [0.2, 0.25) is 0 Å². The summed E-state index contributed by atoms with van der Waals surface area (Å²) < 4.78 is 7.29. The molecule has 6 heteroatoms. The second-order valence-electron chi connectivity index (χ2n) is 7.54. The summed E-state index contributed by atoms with van der Waals surface area (Å²) in [6.45, 7) is 9.11. The molecule has 0 aliphatic carbocycles. The first-order chi connectivity index (χ1) is 14.3. The lowest BCUT2D eigenvalue weighted by molar-refractivity contribution is -0.132. The van der Waals surface area contributed by atoms with Gasteiger partial charge in [0, 0.05) is 18.5 Å². The van der Waals surface area contributed by atoms with E-state index in [9.17, 15) is 9.59 Å². The summed E-state index contributed by atoms with van der Waals surface area (Å²) in [6, 6.07) is 15.4. The number of esters is 1. The molecule has 1 amide bonds. The lowest BCUT2D eigenvalue weighted by atomic mass is 10.0. The first kappa shape index (κ1) is 21.3. The van der Waals surface area contributed by atoms with E-state index >= 15 is 0 Å². The summed E-state index contributed by atoms with van der Waals surface area (Å²) in [5.41, 5.74) is 5.13. The quantitative estimate of drug-likeness (QED) is 0.590. The van der Waals surface area contributed by atoms with Gasteiger partial charge < -0.3 is 10.1 Å². The number of carbonyl (C=O) groups is 2. The molecule has 3 rings (SSSR count). The lowest BCUT2D eigenvalue weighted by Gasteiger charge is -2.11. The molecule has 0 saturated carbocycles. The molecule has 0 aliphatic rings. The summed E-state index contributed by atoms with van der Waals surface area (Å²) in [5.74, 6) is -0.153. The SMILES string of the molecule is CCc1nn(-c2ccc(C)cc2)c(OC(C)=O)c1-c1ccc(NC(=O)C(C)C)cc1. The predicted octanol–water partition coefficient (Wildman–Crippen LogP) is 4.93. The Morgan fingerprint density at radius 2 is 1.70 bits per heavy atom. The molecule has 2 aromatic carbocycles. The van der Waals surface area contributed by atoms with Crippen LogP contribution in [0.3, 0.4) is 0 Å². The first-order valence-corrected chi connectivity index (χ1v) is 10.1. The van der Waals surface area contributed by atoms with E-state index < -0.39 is 5.97 Å². The van der Waals surface area contributed by atoms with E-state index in [-0.39, 0.29) is 11.8 Å². The molecule has 1 aromatic heterocycles. The molecule has 0 spiro atoms. The van der Waals surface area contributed by atoms with Crippen molar-refractivity contribution in [2.75, 3.05) is 5.32 Å². The summed E-state index contributed by atoms with van der Waals surface area (Å²) in [7, 11) is 0. The Balaban J connectivity index is 2.08. The number of nitrogens with zero attached hydrogens (tertiary/aromatic N) is 2. The van der Waals surface area contributed by atoms with Crippen molar-refractivity contribution in [2.24, 2.45) is 5.92 Å². The number of anilines is 1. The molecule has 0 saturated heterocycles. The van der Waals surface area contributed by atoms with Crippen molar-refractivity contribution in [3.63, 3.8) is 0 Å². The fourth-order valence-corrected chi connectivity index (χ4v) is 3.08.